The van der Waals surface area contributed by atoms with Crippen molar-refractivity contribution in [3.63, 3.8) is 0 Å². The highest BCUT2D eigenvalue weighted by molar-refractivity contribution is 5.65. The normalized spacial score (nSPS) is 11.6. The summed E-state index contributed by atoms with van der Waals surface area (Å²) in [5.41, 5.74) is 2.22. The van der Waals surface area contributed by atoms with Gasteiger partial charge in [-0.25, -0.2) is 4.68 Å². The number of anilines is 1. The van der Waals surface area contributed by atoms with Gasteiger partial charge in [0.05, 0.1) is 5.70 Å². The lowest BCUT2D eigenvalue weighted by Gasteiger charge is -2.08. The van der Waals surface area contributed by atoms with Crippen molar-refractivity contribution in [3.05, 3.63) is 48.3 Å². The quantitative estimate of drug-likeness (QED) is 0.826. The van der Waals surface area contributed by atoms with E-state index in [1.807, 2.05) is 41.9 Å². The molecule has 0 bridgehead atoms. The highest BCUT2D eigenvalue weighted by atomic mass is 15.4. The van der Waals surface area contributed by atoms with Crippen LogP contribution in [0.3, 0.4) is 0 Å². The van der Waals surface area contributed by atoms with Crippen LogP contribution in [0.5, 0.6) is 0 Å². The average molecular weight is 242 g/mol. The van der Waals surface area contributed by atoms with Gasteiger partial charge in [0.15, 0.2) is 0 Å². The minimum atomic E-state index is 0.716. The standard InChI is InChI=1S/C14H18N4/c1-4-8-13(12-9-6-5-7-10-12)18-11-15-14(16-18)17(2)3/h5-11H,4H2,1-3H3/b13-8+. The summed E-state index contributed by atoms with van der Waals surface area (Å²) in [6.07, 6.45) is 4.87. The Labute approximate surface area is 108 Å². The first kappa shape index (κ1) is 12.4. The largest absolute Gasteiger partial charge is 0.346 e. The number of rotatable bonds is 4. The van der Waals surface area contributed by atoms with E-state index in [0.29, 0.717) is 5.95 Å². The van der Waals surface area contributed by atoms with Crippen molar-refractivity contribution >= 4 is 11.6 Å². The van der Waals surface area contributed by atoms with Crippen LogP contribution < -0.4 is 4.90 Å². The van der Waals surface area contributed by atoms with E-state index in [0.717, 1.165) is 17.7 Å². The molecule has 18 heavy (non-hydrogen) atoms. The van der Waals surface area contributed by atoms with Gasteiger partial charge in [0.25, 0.3) is 0 Å². The van der Waals surface area contributed by atoms with Crippen LogP contribution in [0.15, 0.2) is 42.7 Å². The van der Waals surface area contributed by atoms with Crippen LogP contribution in [0.4, 0.5) is 5.95 Å². The number of hydrogen-bond donors (Lipinski definition) is 0. The van der Waals surface area contributed by atoms with Crippen molar-refractivity contribution in [2.75, 3.05) is 19.0 Å². The van der Waals surface area contributed by atoms with Crippen molar-refractivity contribution in [3.8, 4) is 0 Å². The Morgan fingerprint density at radius 2 is 2.00 bits per heavy atom. The third-order valence-electron chi connectivity index (χ3n) is 2.59. The second-order valence-electron chi connectivity index (χ2n) is 4.25. The first-order valence-corrected chi connectivity index (χ1v) is 6.07. The van der Waals surface area contributed by atoms with E-state index in [4.69, 9.17) is 0 Å². The molecule has 0 radical (unpaired) electrons. The molecule has 2 rings (SSSR count). The highest BCUT2D eigenvalue weighted by Crippen LogP contribution is 2.17. The topological polar surface area (TPSA) is 34.0 Å². The molecule has 0 unspecified atom stereocenters. The molecule has 2 aromatic rings. The Morgan fingerprint density at radius 3 is 2.56 bits per heavy atom. The second kappa shape index (κ2) is 5.49. The first-order chi connectivity index (χ1) is 8.72. The van der Waals surface area contributed by atoms with Crippen LogP contribution in [0.1, 0.15) is 18.9 Å². The van der Waals surface area contributed by atoms with E-state index in [1.165, 1.54) is 0 Å². The molecule has 0 N–H and O–H groups in total. The number of hydrogen-bond acceptors (Lipinski definition) is 3. The molecule has 0 aliphatic heterocycles. The van der Waals surface area contributed by atoms with Gasteiger partial charge in [0, 0.05) is 14.1 Å². The molecule has 0 saturated carbocycles. The van der Waals surface area contributed by atoms with Gasteiger partial charge in [-0.3, -0.25) is 0 Å². The van der Waals surface area contributed by atoms with E-state index in [-0.39, 0.29) is 0 Å². The molecule has 1 heterocycles. The Morgan fingerprint density at radius 1 is 1.28 bits per heavy atom. The van der Waals surface area contributed by atoms with Crippen molar-refractivity contribution < 1.29 is 0 Å². The summed E-state index contributed by atoms with van der Waals surface area (Å²) in [7, 11) is 3.87. The molecule has 0 saturated heterocycles. The summed E-state index contributed by atoms with van der Waals surface area (Å²) < 4.78 is 1.83. The Balaban J connectivity index is 2.39. The van der Waals surface area contributed by atoms with Crippen LogP contribution in [0.2, 0.25) is 0 Å². The van der Waals surface area contributed by atoms with Crippen molar-refractivity contribution in [1.82, 2.24) is 14.8 Å². The van der Waals surface area contributed by atoms with Crippen LogP contribution in [-0.4, -0.2) is 28.9 Å². The third-order valence-corrected chi connectivity index (χ3v) is 2.59. The van der Waals surface area contributed by atoms with Crippen molar-refractivity contribution in [2.45, 2.75) is 13.3 Å². The fraction of sp³-hybridized carbons (Fsp3) is 0.286. The molecule has 4 nitrogen and oxygen atoms in total. The lowest BCUT2D eigenvalue weighted by molar-refractivity contribution is 0.881. The minimum Gasteiger partial charge on any atom is -0.346 e. The van der Waals surface area contributed by atoms with Gasteiger partial charge < -0.3 is 4.90 Å². The second-order valence-corrected chi connectivity index (χ2v) is 4.25. The van der Waals surface area contributed by atoms with E-state index >= 15 is 0 Å². The zero-order valence-electron chi connectivity index (χ0n) is 11.0. The van der Waals surface area contributed by atoms with Gasteiger partial charge in [-0.1, -0.05) is 43.3 Å². The maximum Gasteiger partial charge on any atom is 0.244 e. The van der Waals surface area contributed by atoms with Crippen LogP contribution in [0, 0.1) is 0 Å². The summed E-state index contributed by atoms with van der Waals surface area (Å²) in [5.74, 6) is 0.716. The van der Waals surface area contributed by atoms with Gasteiger partial charge in [-0.05, 0) is 12.0 Å². The fourth-order valence-electron chi connectivity index (χ4n) is 1.72. The first-order valence-electron chi connectivity index (χ1n) is 6.07. The molecular weight excluding hydrogens is 224 g/mol. The van der Waals surface area contributed by atoms with Crippen LogP contribution >= 0.6 is 0 Å². The molecule has 0 spiro atoms. The van der Waals surface area contributed by atoms with Crippen molar-refractivity contribution in [2.24, 2.45) is 0 Å². The molecule has 1 aromatic carbocycles. The highest BCUT2D eigenvalue weighted by Gasteiger charge is 2.07. The smallest absolute Gasteiger partial charge is 0.244 e. The third kappa shape index (κ3) is 2.59. The van der Waals surface area contributed by atoms with Crippen molar-refractivity contribution in [1.29, 1.82) is 0 Å². The zero-order chi connectivity index (χ0) is 13.0. The fourth-order valence-corrected chi connectivity index (χ4v) is 1.72. The van der Waals surface area contributed by atoms with Crippen LogP contribution in [0.25, 0.3) is 5.70 Å². The van der Waals surface area contributed by atoms with Gasteiger partial charge >= 0.3 is 0 Å². The number of nitrogens with zero attached hydrogens (tertiary/aromatic N) is 4. The maximum atomic E-state index is 4.47. The molecule has 0 aliphatic rings. The number of benzene rings is 1. The molecule has 94 valence electrons. The lowest BCUT2D eigenvalue weighted by Crippen LogP contribution is -2.11. The Hall–Kier alpha value is -2.10. The van der Waals surface area contributed by atoms with Crippen LogP contribution in [-0.2, 0) is 0 Å². The molecule has 0 aliphatic carbocycles. The monoisotopic (exact) mass is 242 g/mol. The van der Waals surface area contributed by atoms with E-state index < -0.39 is 0 Å². The molecule has 1 aromatic heterocycles. The summed E-state index contributed by atoms with van der Waals surface area (Å²) in [6.45, 7) is 2.12. The van der Waals surface area contributed by atoms with E-state index in [1.54, 1.807) is 6.33 Å². The summed E-state index contributed by atoms with van der Waals surface area (Å²) >= 11 is 0. The SMILES string of the molecule is CC/C=C(\c1ccccc1)n1cnc(N(C)C)n1. The minimum absolute atomic E-state index is 0.716. The molecular formula is C14H18N4. The predicted molar refractivity (Wildman–Crippen MR) is 74.5 cm³/mol. The lowest BCUT2D eigenvalue weighted by atomic mass is 10.1. The summed E-state index contributed by atoms with van der Waals surface area (Å²) in [6, 6.07) is 10.2. The number of aromatic nitrogens is 3. The summed E-state index contributed by atoms with van der Waals surface area (Å²) in [4.78, 5) is 6.18. The van der Waals surface area contributed by atoms with E-state index in [2.05, 4.69) is 35.2 Å². The van der Waals surface area contributed by atoms with Gasteiger partial charge in [0.2, 0.25) is 5.95 Å². The Kier molecular flexibility index (Phi) is 3.77. The Bertz CT molecular complexity index is 526. The number of allylic oxidation sites excluding steroid dienone is 1. The van der Waals surface area contributed by atoms with E-state index in [9.17, 15) is 0 Å². The zero-order valence-corrected chi connectivity index (χ0v) is 11.0. The molecule has 0 amide bonds. The van der Waals surface area contributed by atoms with Gasteiger partial charge in [-0.15, -0.1) is 5.10 Å². The van der Waals surface area contributed by atoms with Gasteiger partial charge in [-0.2, -0.15) is 4.98 Å². The predicted octanol–water partition coefficient (Wildman–Crippen LogP) is 2.64. The molecule has 0 atom stereocenters. The average Bonchev–Trinajstić information content (AvgIpc) is 2.86. The maximum absolute atomic E-state index is 4.47. The molecule has 0 fully saturated rings. The summed E-state index contributed by atoms with van der Waals surface area (Å²) in [5, 5.41) is 4.47. The molecule has 4 heteroatoms. The van der Waals surface area contributed by atoms with Gasteiger partial charge in [0.1, 0.15) is 6.33 Å².